The first-order valence-corrected chi connectivity index (χ1v) is 9.81. The van der Waals surface area contributed by atoms with E-state index in [9.17, 15) is 4.79 Å². The highest BCUT2D eigenvalue weighted by molar-refractivity contribution is 7.80. The van der Waals surface area contributed by atoms with Crippen molar-refractivity contribution in [1.82, 2.24) is 16.2 Å². The lowest BCUT2D eigenvalue weighted by atomic mass is 10.1. The number of ether oxygens (including phenoxy) is 2. The van der Waals surface area contributed by atoms with Gasteiger partial charge in [0.25, 0.3) is 5.91 Å². The molecule has 2 rings (SSSR count). The number of rotatable bonds is 8. The Balaban J connectivity index is 1.79. The standard InChI is InChI=1S/C20H24ClN3O3S/c1-3-26-17-10-9-14(13-18(17)27-4-2)11-12-22-20(28)24-23-19(25)15-7-5-6-8-16(15)21/h5-10,13H,3-4,11-12H2,1-2H3,(H,23,25)(H2,22,24,28). The van der Waals surface area contributed by atoms with Gasteiger partial charge in [0.2, 0.25) is 0 Å². The fraction of sp³-hybridized carbons (Fsp3) is 0.300. The number of hydrogen-bond donors (Lipinski definition) is 3. The number of hydrogen-bond acceptors (Lipinski definition) is 4. The van der Waals surface area contributed by atoms with Crippen molar-refractivity contribution >= 4 is 34.8 Å². The normalized spacial score (nSPS) is 10.1. The maximum Gasteiger partial charge on any atom is 0.271 e. The first kappa shape index (κ1) is 21.8. The van der Waals surface area contributed by atoms with Gasteiger partial charge in [-0.15, -0.1) is 0 Å². The van der Waals surface area contributed by atoms with E-state index in [0.717, 1.165) is 23.5 Å². The minimum atomic E-state index is -0.359. The second-order valence-corrected chi connectivity index (χ2v) is 6.53. The Hall–Kier alpha value is -2.51. The van der Waals surface area contributed by atoms with E-state index in [4.69, 9.17) is 33.3 Å². The molecule has 6 nitrogen and oxygen atoms in total. The van der Waals surface area contributed by atoms with Gasteiger partial charge < -0.3 is 14.8 Å². The third kappa shape index (κ3) is 6.58. The van der Waals surface area contributed by atoms with Crippen LogP contribution in [0.15, 0.2) is 42.5 Å². The van der Waals surface area contributed by atoms with E-state index in [1.165, 1.54) is 0 Å². The van der Waals surface area contributed by atoms with Crippen molar-refractivity contribution in [2.75, 3.05) is 19.8 Å². The Labute approximate surface area is 175 Å². The predicted molar refractivity (Wildman–Crippen MR) is 115 cm³/mol. The summed E-state index contributed by atoms with van der Waals surface area (Å²) in [5, 5.41) is 3.74. The van der Waals surface area contributed by atoms with Crippen molar-refractivity contribution < 1.29 is 14.3 Å². The zero-order chi connectivity index (χ0) is 20.4. The van der Waals surface area contributed by atoms with Gasteiger partial charge in [-0.05, 0) is 62.3 Å². The van der Waals surface area contributed by atoms with Crippen LogP contribution in [0.5, 0.6) is 11.5 Å². The van der Waals surface area contributed by atoms with Crippen molar-refractivity contribution in [3.05, 3.63) is 58.6 Å². The molecule has 0 bridgehead atoms. The average molecular weight is 422 g/mol. The molecule has 0 heterocycles. The minimum Gasteiger partial charge on any atom is -0.490 e. The second kappa shape index (κ2) is 11.4. The predicted octanol–water partition coefficient (Wildman–Crippen LogP) is 3.49. The monoisotopic (exact) mass is 421 g/mol. The van der Waals surface area contributed by atoms with E-state index in [1.54, 1.807) is 24.3 Å². The Bertz CT molecular complexity index is 817. The van der Waals surface area contributed by atoms with Crippen LogP contribution in [-0.4, -0.2) is 30.8 Å². The Kier molecular flexibility index (Phi) is 8.84. The molecule has 150 valence electrons. The molecule has 8 heteroatoms. The highest BCUT2D eigenvalue weighted by atomic mass is 35.5. The van der Waals surface area contributed by atoms with Gasteiger partial charge in [-0.1, -0.05) is 29.8 Å². The van der Waals surface area contributed by atoms with Crippen LogP contribution in [0.25, 0.3) is 0 Å². The number of carbonyl (C=O) groups is 1. The highest BCUT2D eigenvalue weighted by Crippen LogP contribution is 2.28. The van der Waals surface area contributed by atoms with Gasteiger partial charge in [0.15, 0.2) is 16.6 Å². The molecule has 0 saturated carbocycles. The summed E-state index contributed by atoms with van der Waals surface area (Å²) in [6, 6.07) is 12.7. The lowest BCUT2D eigenvalue weighted by Gasteiger charge is -2.14. The Morgan fingerprint density at radius 3 is 2.46 bits per heavy atom. The number of amides is 1. The quantitative estimate of drug-likeness (QED) is 0.447. The Morgan fingerprint density at radius 1 is 1.04 bits per heavy atom. The molecule has 0 saturated heterocycles. The molecular weight excluding hydrogens is 398 g/mol. The molecule has 3 N–H and O–H groups in total. The summed E-state index contributed by atoms with van der Waals surface area (Å²) in [6.45, 7) is 5.62. The van der Waals surface area contributed by atoms with Crippen LogP contribution in [0.4, 0.5) is 0 Å². The number of carbonyl (C=O) groups excluding carboxylic acids is 1. The molecule has 0 spiro atoms. The third-order valence-electron chi connectivity index (χ3n) is 3.72. The first-order valence-electron chi connectivity index (χ1n) is 9.02. The lowest BCUT2D eigenvalue weighted by Crippen LogP contribution is -2.47. The van der Waals surface area contributed by atoms with E-state index in [-0.39, 0.29) is 5.91 Å². The number of benzene rings is 2. The molecule has 0 atom stereocenters. The van der Waals surface area contributed by atoms with E-state index >= 15 is 0 Å². The molecule has 2 aromatic rings. The topological polar surface area (TPSA) is 71.6 Å². The summed E-state index contributed by atoms with van der Waals surface area (Å²) in [7, 11) is 0. The molecule has 0 radical (unpaired) electrons. The molecule has 0 aromatic heterocycles. The van der Waals surface area contributed by atoms with Gasteiger partial charge in [0.05, 0.1) is 23.8 Å². The van der Waals surface area contributed by atoms with Gasteiger partial charge in [-0.2, -0.15) is 0 Å². The summed E-state index contributed by atoms with van der Waals surface area (Å²) in [5.74, 6) is 1.11. The maximum absolute atomic E-state index is 12.1. The summed E-state index contributed by atoms with van der Waals surface area (Å²) >= 11 is 11.2. The smallest absolute Gasteiger partial charge is 0.271 e. The molecule has 2 aromatic carbocycles. The van der Waals surface area contributed by atoms with Crippen LogP contribution in [0.1, 0.15) is 29.8 Å². The van der Waals surface area contributed by atoms with E-state index in [1.807, 2.05) is 32.0 Å². The number of halogens is 1. The minimum absolute atomic E-state index is 0.316. The average Bonchev–Trinajstić information content (AvgIpc) is 2.69. The number of hydrazine groups is 1. The van der Waals surface area contributed by atoms with Gasteiger partial charge in [-0.3, -0.25) is 15.6 Å². The molecule has 0 aliphatic heterocycles. The van der Waals surface area contributed by atoms with Gasteiger partial charge >= 0.3 is 0 Å². The maximum atomic E-state index is 12.1. The van der Waals surface area contributed by atoms with Gasteiger partial charge in [-0.25, -0.2) is 0 Å². The molecule has 1 amide bonds. The molecule has 28 heavy (non-hydrogen) atoms. The summed E-state index contributed by atoms with van der Waals surface area (Å²) < 4.78 is 11.2. The largest absolute Gasteiger partial charge is 0.490 e. The van der Waals surface area contributed by atoms with Crippen LogP contribution in [0, 0.1) is 0 Å². The molecule has 0 fully saturated rings. The zero-order valence-corrected chi connectivity index (χ0v) is 17.5. The van der Waals surface area contributed by atoms with Crippen molar-refractivity contribution in [3.63, 3.8) is 0 Å². The molecule has 0 aliphatic rings. The zero-order valence-electron chi connectivity index (χ0n) is 15.9. The summed E-state index contributed by atoms with van der Waals surface area (Å²) in [4.78, 5) is 12.1. The van der Waals surface area contributed by atoms with E-state index in [0.29, 0.717) is 35.5 Å². The van der Waals surface area contributed by atoms with Crippen molar-refractivity contribution in [1.29, 1.82) is 0 Å². The third-order valence-corrected chi connectivity index (χ3v) is 4.29. The van der Waals surface area contributed by atoms with Crippen LogP contribution < -0.4 is 25.6 Å². The van der Waals surface area contributed by atoms with Gasteiger partial charge in [0, 0.05) is 6.54 Å². The Morgan fingerprint density at radius 2 is 1.75 bits per heavy atom. The molecule has 0 aliphatic carbocycles. The molecular formula is C20H24ClN3O3S. The lowest BCUT2D eigenvalue weighted by molar-refractivity contribution is 0.0944. The summed E-state index contributed by atoms with van der Waals surface area (Å²) in [6.07, 6.45) is 0.729. The van der Waals surface area contributed by atoms with Crippen LogP contribution in [0.2, 0.25) is 5.02 Å². The van der Waals surface area contributed by atoms with Crippen molar-refractivity contribution in [2.24, 2.45) is 0 Å². The fourth-order valence-corrected chi connectivity index (χ4v) is 2.82. The SMILES string of the molecule is CCOc1ccc(CCNC(=S)NNC(=O)c2ccccc2Cl)cc1OCC. The van der Waals surface area contributed by atoms with Crippen molar-refractivity contribution in [3.8, 4) is 11.5 Å². The number of nitrogens with one attached hydrogen (secondary N) is 3. The van der Waals surface area contributed by atoms with Crippen LogP contribution in [0.3, 0.4) is 0 Å². The first-order chi connectivity index (χ1) is 13.5. The van der Waals surface area contributed by atoms with Crippen LogP contribution >= 0.6 is 23.8 Å². The van der Waals surface area contributed by atoms with Gasteiger partial charge in [0.1, 0.15) is 0 Å². The second-order valence-electron chi connectivity index (χ2n) is 5.71. The molecule has 0 unspecified atom stereocenters. The number of thiocarbonyl (C=S) groups is 1. The van der Waals surface area contributed by atoms with Crippen LogP contribution in [-0.2, 0) is 6.42 Å². The fourth-order valence-electron chi connectivity index (χ4n) is 2.44. The highest BCUT2D eigenvalue weighted by Gasteiger charge is 2.09. The van der Waals surface area contributed by atoms with Crippen molar-refractivity contribution in [2.45, 2.75) is 20.3 Å². The van der Waals surface area contributed by atoms with E-state index < -0.39 is 0 Å². The summed E-state index contributed by atoms with van der Waals surface area (Å²) in [5.41, 5.74) is 6.65. The van der Waals surface area contributed by atoms with E-state index in [2.05, 4.69) is 16.2 Å².